The highest BCUT2D eigenvalue weighted by Gasteiger charge is 2.36. The summed E-state index contributed by atoms with van der Waals surface area (Å²) in [7, 11) is 0. The first-order valence-electron chi connectivity index (χ1n) is 4.65. The van der Waals surface area contributed by atoms with Gasteiger partial charge < -0.3 is 19.9 Å². The molecule has 0 aliphatic carbocycles. The van der Waals surface area contributed by atoms with E-state index in [9.17, 15) is 9.90 Å². The van der Waals surface area contributed by atoms with Gasteiger partial charge in [0.25, 0.3) is 0 Å². The van der Waals surface area contributed by atoms with E-state index in [-0.39, 0.29) is 18.6 Å². The van der Waals surface area contributed by atoms with Crippen LogP contribution in [0.3, 0.4) is 0 Å². The second-order valence-corrected chi connectivity index (χ2v) is 3.87. The summed E-state index contributed by atoms with van der Waals surface area (Å²) in [5, 5.41) is 12.1. The molecule has 0 aromatic rings. The molecule has 5 nitrogen and oxygen atoms in total. The third-order valence-electron chi connectivity index (χ3n) is 2.02. The molecule has 14 heavy (non-hydrogen) atoms. The number of carbonyl (C=O) groups excluding carboxylic acids is 1. The minimum Gasteiger partial charge on any atom is -0.388 e. The first-order valence-corrected chi connectivity index (χ1v) is 4.65. The molecule has 0 bridgehead atoms. The molecule has 1 aliphatic rings. The summed E-state index contributed by atoms with van der Waals surface area (Å²) >= 11 is 0. The monoisotopic (exact) mass is 203 g/mol. The van der Waals surface area contributed by atoms with E-state index in [2.05, 4.69) is 5.32 Å². The van der Waals surface area contributed by atoms with Crippen molar-refractivity contribution in [3.63, 3.8) is 0 Å². The van der Waals surface area contributed by atoms with Gasteiger partial charge in [0.2, 0.25) is 5.91 Å². The molecular weight excluding hydrogens is 186 g/mol. The molecule has 1 saturated heterocycles. The highest BCUT2D eigenvalue weighted by Crippen LogP contribution is 2.23. The van der Waals surface area contributed by atoms with Gasteiger partial charge >= 0.3 is 0 Å². The zero-order valence-electron chi connectivity index (χ0n) is 8.74. The Morgan fingerprint density at radius 1 is 1.71 bits per heavy atom. The summed E-state index contributed by atoms with van der Waals surface area (Å²) in [5.41, 5.74) is 0. The molecule has 2 unspecified atom stereocenters. The van der Waals surface area contributed by atoms with Gasteiger partial charge in [0, 0.05) is 13.5 Å². The summed E-state index contributed by atoms with van der Waals surface area (Å²) < 4.78 is 10.7. The molecule has 1 fully saturated rings. The van der Waals surface area contributed by atoms with Crippen LogP contribution in [0.25, 0.3) is 0 Å². The molecule has 0 aromatic carbocycles. The zero-order chi connectivity index (χ0) is 10.8. The Balaban J connectivity index is 2.32. The van der Waals surface area contributed by atoms with Gasteiger partial charge in [-0.1, -0.05) is 0 Å². The van der Waals surface area contributed by atoms with Gasteiger partial charge in [-0.05, 0) is 13.8 Å². The second-order valence-electron chi connectivity index (χ2n) is 3.87. The SMILES string of the molecule is CC(=O)NCC(O)C1COC(C)(C)O1. The highest BCUT2D eigenvalue weighted by atomic mass is 16.7. The zero-order valence-corrected chi connectivity index (χ0v) is 8.74. The van der Waals surface area contributed by atoms with E-state index in [4.69, 9.17) is 9.47 Å². The van der Waals surface area contributed by atoms with Crippen molar-refractivity contribution in [1.82, 2.24) is 5.32 Å². The van der Waals surface area contributed by atoms with E-state index in [0.717, 1.165) is 0 Å². The lowest BCUT2D eigenvalue weighted by Crippen LogP contribution is -2.40. The topological polar surface area (TPSA) is 67.8 Å². The quantitative estimate of drug-likeness (QED) is 0.657. The summed E-state index contributed by atoms with van der Waals surface area (Å²) in [6, 6.07) is 0. The highest BCUT2D eigenvalue weighted by molar-refractivity contribution is 5.72. The van der Waals surface area contributed by atoms with Gasteiger partial charge in [-0.25, -0.2) is 0 Å². The van der Waals surface area contributed by atoms with Gasteiger partial charge in [-0.15, -0.1) is 0 Å². The molecule has 82 valence electrons. The van der Waals surface area contributed by atoms with Crippen molar-refractivity contribution in [3.8, 4) is 0 Å². The standard InChI is InChI=1S/C9H17NO4/c1-6(11)10-4-7(12)8-5-13-9(2,3)14-8/h7-8,12H,4-5H2,1-3H3,(H,10,11). The fourth-order valence-corrected chi connectivity index (χ4v) is 1.28. The van der Waals surface area contributed by atoms with E-state index < -0.39 is 11.9 Å². The third-order valence-corrected chi connectivity index (χ3v) is 2.02. The van der Waals surface area contributed by atoms with Crippen LogP contribution in [-0.4, -0.2) is 42.2 Å². The third kappa shape index (κ3) is 3.25. The van der Waals surface area contributed by atoms with Gasteiger partial charge in [0.1, 0.15) is 6.10 Å². The number of aliphatic hydroxyl groups is 1. The Kier molecular flexibility index (Phi) is 3.47. The maximum atomic E-state index is 10.6. The van der Waals surface area contributed by atoms with Crippen LogP contribution in [0.1, 0.15) is 20.8 Å². The number of amides is 1. The maximum Gasteiger partial charge on any atom is 0.216 e. The van der Waals surface area contributed by atoms with Crippen LogP contribution in [-0.2, 0) is 14.3 Å². The lowest BCUT2D eigenvalue weighted by Gasteiger charge is -2.20. The average Bonchev–Trinajstić information content (AvgIpc) is 2.41. The van der Waals surface area contributed by atoms with Crippen molar-refractivity contribution >= 4 is 5.91 Å². The molecule has 0 aromatic heterocycles. The molecule has 2 atom stereocenters. The fourth-order valence-electron chi connectivity index (χ4n) is 1.28. The van der Waals surface area contributed by atoms with Crippen LogP contribution in [0, 0.1) is 0 Å². The Morgan fingerprint density at radius 2 is 2.36 bits per heavy atom. The van der Waals surface area contributed by atoms with E-state index in [1.54, 1.807) is 13.8 Å². The number of nitrogens with one attached hydrogen (secondary N) is 1. The minimum atomic E-state index is -0.722. The second kappa shape index (κ2) is 4.25. The molecule has 1 amide bonds. The number of ether oxygens (including phenoxy) is 2. The van der Waals surface area contributed by atoms with Crippen LogP contribution in [0.5, 0.6) is 0 Å². The van der Waals surface area contributed by atoms with Gasteiger partial charge in [-0.3, -0.25) is 4.79 Å². The van der Waals surface area contributed by atoms with E-state index in [0.29, 0.717) is 6.61 Å². The lowest BCUT2D eigenvalue weighted by molar-refractivity contribution is -0.150. The van der Waals surface area contributed by atoms with Crippen molar-refractivity contribution in [1.29, 1.82) is 0 Å². The van der Waals surface area contributed by atoms with Crippen molar-refractivity contribution in [2.45, 2.75) is 38.8 Å². The summed E-state index contributed by atoms with van der Waals surface area (Å²) in [6.45, 7) is 5.53. The summed E-state index contributed by atoms with van der Waals surface area (Å²) in [6.07, 6.45) is -1.09. The molecule has 1 rings (SSSR count). The van der Waals surface area contributed by atoms with E-state index in [1.807, 2.05) is 0 Å². The Labute approximate surface area is 83.4 Å². The Hall–Kier alpha value is -0.650. The van der Waals surface area contributed by atoms with Crippen LogP contribution in [0.15, 0.2) is 0 Å². The average molecular weight is 203 g/mol. The largest absolute Gasteiger partial charge is 0.388 e. The van der Waals surface area contributed by atoms with Gasteiger partial charge in [0.15, 0.2) is 5.79 Å². The minimum absolute atomic E-state index is 0.165. The number of hydrogen-bond acceptors (Lipinski definition) is 4. The molecule has 5 heteroatoms. The van der Waals surface area contributed by atoms with Crippen LogP contribution in [0.4, 0.5) is 0 Å². The lowest BCUT2D eigenvalue weighted by atomic mass is 10.2. The number of carbonyl (C=O) groups is 1. The number of hydrogen-bond donors (Lipinski definition) is 2. The van der Waals surface area contributed by atoms with Crippen molar-refractivity contribution in [2.24, 2.45) is 0 Å². The normalized spacial score (nSPS) is 27.3. The first kappa shape index (κ1) is 11.4. The molecular formula is C9H17NO4. The van der Waals surface area contributed by atoms with Crippen LogP contribution < -0.4 is 5.32 Å². The van der Waals surface area contributed by atoms with Crippen molar-refractivity contribution < 1.29 is 19.4 Å². The van der Waals surface area contributed by atoms with Gasteiger partial charge in [0.05, 0.1) is 12.7 Å². The molecule has 0 radical (unpaired) electrons. The summed E-state index contributed by atoms with van der Waals surface area (Å²) in [5.74, 6) is -0.802. The number of aliphatic hydroxyl groups excluding tert-OH is 1. The van der Waals surface area contributed by atoms with Crippen molar-refractivity contribution in [3.05, 3.63) is 0 Å². The predicted octanol–water partition coefficient (Wildman–Crippen LogP) is -0.365. The van der Waals surface area contributed by atoms with Gasteiger partial charge in [-0.2, -0.15) is 0 Å². The maximum absolute atomic E-state index is 10.6. The molecule has 0 spiro atoms. The smallest absolute Gasteiger partial charge is 0.216 e. The molecule has 2 N–H and O–H groups in total. The van der Waals surface area contributed by atoms with E-state index in [1.165, 1.54) is 6.92 Å². The van der Waals surface area contributed by atoms with E-state index >= 15 is 0 Å². The molecule has 1 aliphatic heterocycles. The Morgan fingerprint density at radius 3 is 2.79 bits per heavy atom. The van der Waals surface area contributed by atoms with Crippen LogP contribution in [0.2, 0.25) is 0 Å². The Bertz CT molecular complexity index is 217. The predicted molar refractivity (Wildman–Crippen MR) is 49.6 cm³/mol. The molecule has 1 heterocycles. The molecule has 0 saturated carbocycles. The number of rotatable bonds is 3. The van der Waals surface area contributed by atoms with Crippen LogP contribution >= 0.6 is 0 Å². The first-order chi connectivity index (χ1) is 6.41. The summed E-state index contributed by atoms with van der Waals surface area (Å²) in [4.78, 5) is 10.6. The van der Waals surface area contributed by atoms with Crippen molar-refractivity contribution in [2.75, 3.05) is 13.2 Å². The fraction of sp³-hybridized carbons (Fsp3) is 0.889.